The number of nitrogens with two attached hydrogens (primary N) is 1. The zero-order chi connectivity index (χ0) is 11.4. The Morgan fingerprint density at radius 1 is 1.60 bits per heavy atom. The van der Waals surface area contributed by atoms with Crippen molar-refractivity contribution in [3.8, 4) is 0 Å². The van der Waals surface area contributed by atoms with Crippen molar-refractivity contribution in [2.45, 2.75) is 13.3 Å². The molecule has 0 aliphatic heterocycles. The zero-order valence-corrected chi connectivity index (χ0v) is 8.69. The minimum absolute atomic E-state index is 0.0915. The summed E-state index contributed by atoms with van der Waals surface area (Å²) in [6.45, 7) is 6.28. The molecular weight excluding hydrogens is 192 g/mol. The first-order chi connectivity index (χ1) is 7.06. The van der Waals surface area contributed by atoms with Gasteiger partial charge in [-0.15, -0.1) is 0 Å². The minimum atomic E-state index is -0.404. The highest BCUT2D eigenvalue weighted by Gasteiger charge is 2.10. The SMILES string of the molecule is C=C(CCN)c1cc([N+](=O)[O-])ccc1C. The lowest BCUT2D eigenvalue weighted by Gasteiger charge is -2.07. The van der Waals surface area contributed by atoms with Gasteiger partial charge < -0.3 is 5.73 Å². The second-order valence-electron chi connectivity index (χ2n) is 3.40. The number of non-ortho nitro benzene ring substituents is 1. The van der Waals surface area contributed by atoms with E-state index in [0.29, 0.717) is 13.0 Å². The van der Waals surface area contributed by atoms with E-state index in [1.54, 1.807) is 12.1 Å². The van der Waals surface area contributed by atoms with Crippen LogP contribution in [0.1, 0.15) is 17.5 Å². The molecule has 0 atom stereocenters. The summed E-state index contributed by atoms with van der Waals surface area (Å²) in [5.74, 6) is 0. The van der Waals surface area contributed by atoms with Gasteiger partial charge in [0.05, 0.1) is 4.92 Å². The molecule has 0 radical (unpaired) electrons. The summed E-state index contributed by atoms with van der Waals surface area (Å²) in [5, 5.41) is 10.6. The number of hydrogen-bond donors (Lipinski definition) is 1. The largest absolute Gasteiger partial charge is 0.330 e. The van der Waals surface area contributed by atoms with Gasteiger partial charge in [0.25, 0.3) is 5.69 Å². The maximum atomic E-state index is 10.6. The Labute approximate surface area is 88.6 Å². The van der Waals surface area contributed by atoms with Crippen molar-refractivity contribution in [3.05, 3.63) is 46.0 Å². The maximum absolute atomic E-state index is 10.6. The molecule has 0 spiro atoms. The molecule has 0 amide bonds. The van der Waals surface area contributed by atoms with Crippen LogP contribution in [-0.2, 0) is 0 Å². The monoisotopic (exact) mass is 206 g/mol. The normalized spacial score (nSPS) is 10.0. The molecule has 0 bridgehead atoms. The molecule has 1 aromatic rings. The van der Waals surface area contributed by atoms with Crippen LogP contribution in [0.15, 0.2) is 24.8 Å². The van der Waals surface area contributed by atoms with Crippen LogP contribution in [0.25, 0.3) is 5.57 Å². The summed E-state index contributed by atoms with van der Waals surface area (Å²) in [6.07, 6.45) is 0.655. The Kier molecular flexibility index (Phi) is 3.57. The van der Waals surface area contributed by atoms with Gasteiger partial charge in [-0.05, 0) is 36.6 Å². The number of nitro benzene ring substituents is 1. The van der Waals surface area contributed by atoms with E-state index in [4.69, 9.17) is 5.73 Å². The Morgan fingerprint density at radius 3 is 2.80 bits per heavy atom. The summed E-state index contributed by atoms with van der Waals surface area (Å²) < 4.78 is 0. The van der Waals surface area contributed by atoms with Gasteiger partial charge >= 0.3 is 0 Å². The molecule has 0 fully saturated rings. The lowest BCUT2D eigenvalue weighted by molar-refractivity contribution is -0.384. The molecule has 4 heteroatoms. The molecule has 1 rings (SSSR count). The third-order valence-electron chi connectivity index (χ3n) is 2.26. The fourth-order valence-electron chi connectivity index (χ4n) is 1.41. The average molecular weight is 206 g/mol. The van der Waals surface area contributed by atoms with Gasteiger partial charge in [-0.2, -0.15) is 0 Å². The fourth-order valence-corrected chi connectivity index (χ4v) is 1.41. The molecule has 0 aromatic heterocycles. The Morgan fingerprint density at radius 2 is 2.27 bits per heavy atom. The second kappa shape index (κ2) is 4.70. The lowest BCUT2D eigenvalue weighted by atomic mass is 9.99. The number of nitrogens with zero attached hydrogens (tertiary/aromatic N) is 1. The number of nitro groups is 1. The Hall–Kier alpha value is -1.68. The molecule has 1 aromatic carbocycles. The predicted octanol–water partition coefficient (Wildman–Crippen LogP) is 2.27. The first-order valence-corrected chi connectivity index (χ1v) is 4.69. The van der Waals surface area contributed by atoms with Gasteiger partial charge in [0.1, 0.15) is 0 Å². The molecule has 4 nitrogen and oxygen atoms in total. The molecule has 0 aliphatic carbocycles. The van der Waals surface area contributed by atoms with Crippen molar-refractivity contribution in [2.75, 3.05) is 6.54 Å². The van der Waals surface area contributed by atoms with Crippen molar-refractivity contribution in [3.63, 3.8) is 0 Å². The molecular formula is C11H14N2O2. The topological polar surface area (TPSA) is 69.2 Å². The van der Waals surface area contributed by atoms with E-state index in [1.807, 2.05) is 6.92 Å². The number of hydrogen-bond acceptors (Lipinski definition) is 3. The summed E-state index contributed by atoms with van der Waals surface area (Å²) in [4.78, 5) is 10.2. The smallest absolute Gasteiger partial charge is 0.270 e. The van der Waals surface area contributed by atoms with E-state index in [1.165, 1.54) is 6.07 Å². The highest BCUT2D eigenvalue weighted by atomic mass is 16.6. The van der Waals surface area contributed by atoms with Crippen molar-refractivity contribution >= 4 is 11.3 Å². The third kappa shape index (κ3) is 2.63. The van der Waals surface area contributed by atoms with Gasteiger partial charge in [0.2, 0.25) is 0 Å². The van der Waals surface area contributed by atoms with Crippen LogP contribution >= 0.6 is 0 Å². The quantitative estimate of drug-likeness (QED) is 0.606. The van der Waals surface area contributed by atoms with Crippen LogP contribution in [-0.4, -0.2) is 11.5 Å². The van der Waals surface area contributed by atoms with Crippen molar-refractivity contribution in [2.24, 2.45) is 5.73 Å². The van der Waals surface area contributed by atoms with Gasteiger partial charge in [-0.3, -0.25) is 10.1 Å². The van der Waals surface area contributed by atoms with Gasteiger partial charge in [-0.25, -0.2) is 0 Å². The van der Waals surface area contributed by atoms with E-state index >= 15 is 0 Å². The molecule has 2 N–H and O–H groups in total. The van der Waals surface area contributed by atoms with Crippen LogP contribution in [0, 0.1) is 17.0 Å². The van der Waals surface area contributed by atoms with Crippen molar-refractivity contribution < 1.29 is 4.92 Å². The maximum Gasteiger partial charge on any atom is 0.270 e. The standard InChI is InChI=1S/C11H14N2O2/c1-8-3-4-10(13(14)15)7-11(8)9(2)5-6-12/h3-4,7H,2,5-6,12H2,1H3. The Bertz CT molecular complexity index is 400. The van der Waals surface area contributed by atoms with E-state index in [9.17, 15) is 10.1 Å². The molecule has 0 aliphatic rings. The number of rotatable bonds is 4. The second-order valence-corrected chi connectivity index (χ2v) is 3.40. The van der Waals surface area contributed by atoms with E-state index < -0.39 is 4.92 Å². The highest BCUT2D eigenvalue weighted by molar-refractivity contribution is 5.68. The number of benzene rings is 1. The summed E-state index contributed by atoms with van der Waals surface area (Å²) in [7, 11) is 0. The highest BCUT2D eigenvalue weighted by Crippen LogP contribution is 2.24. The molecule has 80 valence electrons. The molecule has 0 unspecified atom stereocenters. The lowest BCUT2D eigenvalue weighted by Crippen LogP contribution is -2.00. The molecule has 15 heavy (non-hydrogen) atoms. The Balaban J connectivity index is 3.10. The van der Waals surface area contributed by atoms with Crippen LogP contribution in [0.5, 0.6) is 0 Å². The molecule has 0 heterocycles. The van der Waals surface area contributed by atoms with Crippen LogP contribution in [0.3, 0.4) is 0 Å². The number of aryl methyl sites for hydroxylation is 1. The summed E-state index contributed by atoms with van der Waals surface area (Å²) in [5.41, 5.74) is 8.17. The predicted molar refractivity (Wildman–Crippen MR) is 60.5 cm³/mol. The third-order valence-corrected chi connectivity index (χ3v) is 2.26. The zero-order valence-electron chi connectivity index (χ0n) is 8.69. The van der Waals surface area contributed by atoms with E-state index in [-0.39, 0.29) is 5.69 Å². The summed E-state index contributed by atoms with van der Waals surface area (Å²) in [6, 6.07) is 4.77. The van der Waals surface area contributed by atoms with Crippen LogP contribution < -0.4 is 5.73 Å². The van der Waals surface area contributed by atoms with E-state index in [2.05, 4.69) is 6.58 Å². The van der Waals surface area contributed by atoms with Crippen LogP contribution in [0.2, 0.25) is 0 Å². The van der Waals surface area contributed by atoms with Crippen molar-refractivity contribution in [1.29, 1.82) is 0 Å². The first kappa shape index (κ1) is 11.4. The van der Waals surface area contributed by atoms with Gasteiger partial charge in [0.15, 0.2) is 0 Å². The van der Waals surface area contributed by atoms with E-state index in [0.717, 1.165) is 16.7 Å². The van der Waals surface area contributed by atoms with Crippen molar-refractivity contribution in [1.82, 2.24) is 0 Å². The molecule has 0 saturated carbocycles. The fraction of sp³-hybridized carbons (Fsp3) is 0.273. The van der Waals surface area contributed by atoms with Crippen LogP contribution in [0.4, 0.5) is 5.69 Å². The molecule has 0 saturated heterocycles. The summed E-state index contributed by atoms with van der Waals surface area (Å²) >= 11 is 0. The van der Waals surface area contributed by atoms with Gasteiger partial charge in [0, 0.05) is 12.1 Å². The van der Waals surface area contributed by atoms with Gasteiger partial charge in [-0.1, -0.05) is 12.6 Å². The first-order valence-electron chi connectivity index (χ1n) is 4.69. The minimum Gasteiger partial charge on any atom is -0.330 e. The average Bonchev–Trinajstić information content (AvgIpc) is 2.18.